The normalized spacial score (nSPS) is 13.0. The van der Waals surface area contributed by atoms with Gasteiger partial charge in [-0.25, -0.2) is 4.99 Å². The Morgan fingerprint density at radius 2 is 2.08 bits per heavy atom. The van der Waals surface area contributed by atoms with Crippen LogP contribution in [0.4, 0.5) is 5.69 Å². The van der Waals surface area contributed by atoms with Crippen molar-refractivity contribution in [3.8, 4) is 11.8 Å². The third kappa shape index (κ3) is 4.99. The van der Waals surface area contributed by atoms with Gasteiger partial charge in [-0.05, 0) is 37.0 Å². The molecule has 1 aromatic carbocycles. The molecule has 0 atom stereocenters. The van der Waals surface area contributed by atoms with Crippen molar-refractivity contribution in [1.29, 1.82) is 5.41 Å². The van der Waals surface area contributed by atoms with Gasteiger partial charge in [0.25, 0.3) is 5.91 Å². The average Bonchev–Trinajstić information content (AvgIpc) is 3.36. The van der Waals surface area contributed by atoms with Gasteiger partial charge in [-0.2, -0.15) is 0 Å². The summed E-state index contributed by atoms with van der Waals surface area (Å²) in [4.78, 5) is 17.7. The summed E-state index contributed by atoms with van der Waals surface area (Å²) in [6.07, 6.45) is 4.13. The van der Waals surface area contributed by atoms with Crippen LogP contribution in [0.25, 0.3) is 0 Å². The van der Waals surface area contributed by atoms with E-state index in [-0.39, 0.29) is 17.1 Å². The predicted molar refractivity (Wildman–Crippen MR) is 99.6 cm³/mol. The van der Waals surface area contributed by atoms with Crippen LogP contribution in [-0.4, -0.2) is 35.9 Å². The Morgan fingerprint density at radius 1 is 1.40 bits per heavy atom. The van der Waals surface area contributed by atoms with Gasteiger partial charge in [0.2, 0.25) is 0 Å². The molecule has 0 radical (unpaired) electrons. The highest BCUT2D eigenvalue weighted by Crippen LogP contribution is 2.25. The van der Waals surface area contributed by atoms with Gasteiger partial charge in [0, 0.05) is 18.7 Å². The Bertz CT molecular complexity index is 825. The van der Waals surface area contributed by atoms with Crippen molar-refractivity contribution in [2.45, 2.75) is 18.9 Å². The number of hydrogen-bond donors (Lipinski definition) is 4. The molecule has 1 amide bonds. The smallest absolute Gasteiger partial charge is 0.255 e. The van der Waals surface area contributed by atoms with Crippen LogP contribution in [-0.2, 0) is 4.79 Å². The van der Waals surface area contributed by atoms with Gasteiger partial charge >= 0.3 is 0 Å². The van der Waals surface area contributed by atoms with E-state index in [1.54, 1.807) is 24.5 Å². The van der Waals surface area contributed by atoms with Gasteiger partial charge in [-0.1, -0.05) is 17.5 Å². The van der Waals surface area contributed by atoms with Crippen molar-refractivity contribution in [2.75, 3.05) is 7.05 Å². The third-order valence-electron chi connectivity index (χ3n) is 3.57. The number of nitrogens with zero attached hydrogens (tertiary/aromatic N) is 2. The minimum absolute atomic E-state index is 0.316. The standard InChI is InChI=1S/C17H19ClN6O/c1-24(12-4-5-12)9-23-11-3-6-13(18)10(8-11)2-7-14(19)15(16(20)21)17(22)25/h3,6,8-9,12,19H,4-5,20-21H2,1H3,(H2,22,25)/b19-14?,23-9-. The SMILES string of the molecule is CN(/C=N\c1ccc(Cl)c(C#CC(=N)C(C(N)=O)=C(N)N)c1)C1CC1. The zero-order chi connectivity index (χ0) is 18.6. The number of rotatable bonds is 5. The molecule has 8 heteroatoms. The van der Waals surface area contributed by atoms with Crippen LogP contribution < -0.4 is 17.2 Å². The molecule has 0 aliphatic heterocycles. The number of primary amides is 1. The van der Waals surface area contributed by atoms with Gasteiger partial charge in [0.1, 0.15) is 17.1 Å². The highest BCUT2D eigenvalue weighted by molar-refractivity contribution is 6.32. The fourth-order valence-corrected chi connectivity index (χ4v) is 2.19. The third-order valence-corrected chi connectivity index (χ3v) is 3.90. The molecule has 25 heavy (non-hydrogen) atoms. The Labute approximate surface area is 151 Å². The molecule has 1 fully saturated rings. The summed E-state index contributed by atoms with van der Waals surface area (Å²) < 4.78 is 0. The van der Waals surface area contributed by atoms with E-state index in [1.165, 1.54) is 12.8 Å². The second kappa shape index (κ2) is 7.73. The molecule has 1 saturated carbocycles. The van der Waals surface area contributed by atoms with Crippen LogP contribution in [0.15, 0.2) is 34.6 Å². The van der Waals surface area contributed by atoms with Crippen molar-refractivity contribution < 1.29 is 4.79 Å². The first-order valence-electron chi connectivity index (χ1n) is 7.51. The second-order valence-electron chi connectivity index (χ2n) is 5.62. The summed E-state index contributed by atoms with van der Waals surface area (Å²) in [5.41, 5.74) is 16.3. The minimum atomic E-state index is -0.910. The molecule has 0 heterocycles. The van der Waals surface area contributed by atoms with E-state index in [0.29, 0.717) is 22.3 Å². The van der Waals surface area contributed by atoms with E-state index < -0.39 is 5.91 Å². The first-order chi connectivity index (χ1) is 11.8. The lowest BCUT2D eigenvalue weighted by molar-refractivity contribution is -0.114. The molecule has 130 valence electrons. The minimum Gasteiger partial charge on any atom is -0.385 e. The largest absolute Gasteiger partial charge is 0.385 e. The fraction of sp³-hybridized carbons (Fsp3) is 0.235. The van der Waals surface area contributed by atoms with Crippen molar-refractivity contribution in [3.63, 3.8) is 0 Å². The summed E-state index contributed by atoms with van der Waals surface area (Å²) in [5.74, 6) is 3.95. The predicted octanol–water partition coefficient (Wildman–Crippen LogP) is 1.08. The number of nitrogens with two attached hydrogens (primary N) is 3. The van der Waals surface area contributed by atoms with Crippen LogP contribution in [0.1, 0.15) is 18.4 Å². The molecule has 1 aromatic rings. The first kappa shape index (κ1) is 18.4. The molecule has 1 aliphatic rings. The van der Waals surface area contributed by atoms with E-state index in [1.807, 2.05) is 7.05 Å². The number of benzene rings is 1. The molecular formula is C17H19ClN6O. The molecule has 7 nitrogen and oxygen atoms in total. The number of aliphatic imine (C=N–C) groups is 1. The fourth-order valence-electron chi connectivity index (χ4n) is 2.03. The number of carbonyl (C=O) groups excluding carboxylic acids is 1. The number of carbonyl (C=O) groups is 1. The summed E-state index contributed by atoms with van der Waals surface area (Å²) in [6.45, 7) is 0. The van der Waals surface area contributed by atoms with Crippen LogP contribution in [0.5, 0.6) is 0 Å². The Kier molecular flexibility index (Phi) is 5.67. The van der Waals surface area contributed by atoms with Gasteiger partial charge in [-0.3, -0.25) is 10.2 Å². The number of nitrogens with one attached hydrogen (secondary N) is 1. The monoisotopic (exact) mass is 358 g/mol. The Balaban J connectivity index is 2.22. The van der Waals surface area contributed by atoms with Gasteiger partial charge < -0.3 is 22.1 Å². The van der Waals surface area contributed by atoms with Crippen LogP contribution in [0.2, 0.25) is 5.02 Å². The zero-order valence-electron chi connectivity index (χ0n) is 13.7. The van der Waals surface area contributed by atoms with Crippen LogP contribution in [0.3, 0.4) is 0 Å². The maximum atomic E-state index is 11.3. The molecule has 0 spiro atoms. The molecule has 0 bridgehead atoms. The molecule has 0 aromatic heterocycles. The lowest BCUT2D eigenvalue weighted by Crippen LogP contribution is -2.27. The molecule has 0 unspecified atom stereocenters. The van der Waals surface area contributed by atoms with E-state index >= 15 is 0 Å². The van der Waals surface area contributed by atoms with E-state index in [0.717, 1.165) is 0 Å². The zero-order valence-corrected chi connectivity index (χ0v) is 14.5. The Morgan fingerprint density at radius 3 is 2.64 bits per heavy atom. The van der Waals surface area contributed by atoms with Crippen LogP contribution >= 0.6 is 11.6 Å². The van der Waals surface area contributed by atoms with E-state index in [2.05, 4.69) is 21.7 Å². The van der Waals surface area contributed by atoms with E-state index in [9.17, 15) is 4.79 Å². The maximum absolute atomic E-state index is 11.3. The first-order valence-corrected chi connectivity index (χ1v) is 7.89. The number of amides is 1. The summed E-state index contributed by atoms with van der Waals surface area (Å²) >= 11 is 6.12. The van der Waals surface area contributed by atoms with Gasteiger partial charge in [0.05, 0.1) is 17.0 Å². The molecular weight excluding hydrogens is 340 g/mol. The van der Waals surface area contributed by atoms with Crippen molar-refractivity contribution in [2.24, 2.45) is 22.2 Å². The highest BCUT2D eigenvalue weighted by Gasteiger charge is 2.24. The quantitative estimate of drug-likeness (QED) is 0.271. The maximum Gasteiger partial charge on any atom is 0.255 e. The topological polar surface area (TPSA) is 135 Å². The number of halogens is 1. The summed E-state index contributed by atoms with van der Waals surface area (Å²) in [6, 6.07) is 5.69. The van der Waals surface area contributed by atoms with Gasteiger partial charge in [-0.15, -0.1) is 0 Å². The highest BCUT2D eigenvalue weighted by atomic mass is 35.5. The van der Waals surface area contributed by atoms with Crippen LogP contribution in [0, 0.1) is 17.3 Å². The lowest BCUT2D eigenvalue weighted by Gasteiger charge is -2.10. The average molecular weight is 359 g/mol. The molecule has 2 rings (SSSR count). The van der Waals surface area contributed by atoms with E-state index in [4.69, 9.17) is 34.2 Å². The van der Waals surface area contributed by atoms with Crippen molar-refractivity contribution >= 4 is 35.2 Å². The van der Waals surface area contributed by atoms with Gasteiger partial charge in [0.15, 0.2) is 0 Å². The molecule has 1 aliphatic carbocycles. The molecule has 7 N–H and O–H groups in total. The number of hydrogen-bond acceptors (Lipinski definition) is 5. The van der Waals surface area contributed by atoms with Crippen molar-refractivity contribution in [1.82, 2.24) is 4.90 Å². The Hall–Kier alpha value is -2.98. The summed E-state index contributed by atoms with van der Waals surface area (Å²) in [5, 5.41) is 8.20. The molecule has 0 saturated heterocycles. The second-order valence-corrected chi connectivity index (χ2v) is 6.03. The van der Waals surface area contributed by atoms with Crippen molar-refractivity contribution in [3.05, 3.63) is 40.2 Å². The lowest BCUT2D eigenvalue weighted by atomic mass is 10.1. The summed E-state index contributed by atoms with van der Waals surface area (Å²) in [7, 11) is 1.98.